The van der Waals surface area contributed by atoms with E-state index in [1.807, 2.05) is 0 Å². The van der Waals surface area contributed by atoms with Crippen molar-refractivity contribution in [2.75, 3.05) is 13.1 Å². The smallest absolute Gasteiger partial charge is 0.315 e. The van der Waals surface area contributed by atoms with Crippen LogP contribution in [0.2, 0.25) is 0 Å². The van der Waals surface area contributed by atoms with Crippen LogP contribution in [0.25, 0.3) is 0 Å². The highest BCUT2D eigenvalue weighted by Gasteiger charge is 2.25. The molecule has 1 heterocycles. The summed E-state index contributed by atoms with van der Waals surface area (Å²) < 4.78 is 0. The molecule has 0 saturated carbocycles. The lowest BCUT2D eigenvalue weighted by atomic mass is 10.0. The van der Waals surface area contributed by atoms with Crippen molar-refractivity contribution in [1.29, 1.82) is 0 Å². The Bertz CT molecular complexity index is 738. The Kier molecular flexibility index (Phi) is 5.21. The Labute approximate surface area is 155 Å². The molecule has 0 aromatic heterocycles. The molecule has 1 saturated heterocycles. The molecule has 2 aliphatic rings. The molecule has 26 heavy (non-hydrogen) atoms. The summed E-state index contributed by atoms with van der Waals surface area (Å²) in [4.78, 5) is 14.9. The van der Waals surface area contributed by atoms with Gasteiger partial charge in [-0.3, -0.25) is 4.90 Å². The van der Waals surface area contributed by atoms with Gasteiger partial charge in [-0.2, -0.15) is 0 Å². The fourth-order valence-electron chi connectivity index (χ4n) is 4.17. The molecule has 0 bridgehead atoms. The van der Waals surface area contributed by atoms with Gasteiger partial charge in [-0.15, -0.1) is 0 Å². The number of piperidine rings is 1. The molecule has 2 aromatic carbocycles. The second kappa shape index (κ2) is 7.92. The zero-order valence-corrected chi connectivity index (χ0v) is 15.2. The van der Waals surface area contributed by atoms with E-state index in [0.717, 1.165) is 45.3 Å². The normalized spacial score (nSPS) is 20.5. The molecule has 2 amide bonds. The second-order valence-corrected chi connectivity index (χ2v) is 7.44. The van der Waals surface area contributed by atoms with Crippen molar-refractivity contribution >= 4 is 6.03 Å². The molecule has 1 atom stereocenters. The zero-order valence-electron chi connectivity index (χ0n) is 15.2. The molecule has 1 aliphatic carbocycles. The molecule has 4 heteroatoms. The van der Waals surface area contributed by atoms with Crippen molar-refractivity contribution in [3.05, 3.63) is 71.3 Å². The number of likely N-dealkylation sites (tertiary alicyclic amines) is 1. The van der Waals surface area contributed by atoms with Gasteiger partial charge in [0.2, 0.25) is 0 Å². The number of benzene rings is 2. The van der Waals surface area contributed by atoms with Gasteiger partial charge in [0, 0.05) is 25.7 Å². The zero-order chi connectivity index (χ0) is 17.8. The minimum Gasteiger partial charge on any atom is -0.335 e. The summed E-state index contributed by atoms with van der Waals surface area (Å²) in [7, 11) is 0. The number of nitrogens with zero attached hydrogens (tertiary/aromatic N) is 1. The Balaban J connectivity index is 1.23. The number of rotatable bonds is 4. The molecule has 136 valence electrons. The molecule has 1 fully saturated rings. The average molecular weight is 349 g/mol. The van der Waals surface area contributed by atoms with E-state index in [0.29, 0.717) is 0 Å². The Morgan fingerprint density at radius 3 is 2.46 bits per heavy atom. The van der Waals surface area contributed by atoms with E-state index in [2.05, 4.69) is 70.1 Å². The molecule has 1 unspecified atom stereocenters. The fourth-order valence-corrected chi connectivity index (χ4v) is 4.17. The summed E-state index contributed by atoms with van der Waals surface area (Å²) in [5.74, 6) is 0. The highest BCUT2D eigenvalue weighted by atomic mass is 16.2. The van der Waals surface area contributed by atoms with E-state index >= 15 is 0 Å². The minimum absolute atomic E-state index is 0.0202. The maximum atomic E-state index is 12.4. The number of amides is 2. The van der Waals surface area contributed by atoms with Gasteiger partial charge < -0.3 is 10.6 Å². The molecule has 0 spiro atoms. The lowest BCUT2D eigenvalue weighted by Crippen LogP contribution is -2.48. The molecular formula is C22H27N3O. The fraction of sp³-hybridized carbons (Fsp3) is 0.409. The first-order chi connectivity index (χ1) is 12.8. The molecule has 4 rings (SSSR count). The number of nitrogens with one attached hydrogen (secondary N) is 2. The van der Waals surface area contributed by atoms with Gasteiger partial charge >= 0.3 is 6.03 Å². The first-order valence-electron chi connectivity index (χ1n) is 9.69. The molecule has 1 aliphatic heterocycles. The van der Waals surface area contributed by atoms with Crippen molar-refractivity contribution in [2.24, 2.45) is 0 Å². The van der Waals surface area contributed by atoms with Crippen molar-refractivity contribution in [1.82, 2.24) is 15.5 Å². The first-order valence-corrected chi connectivity index (χ1v) is 9.69. The summed E-state index contributed by atoms with van der Waals surface area (Å²) in [5.41, 5.74) is 4.00. The van der Waals surface area contributed by atoms with Crippen LogP contribution in [0.15, 0.2) is 54.6 Å². The number of aryl methyl sites for hydroxylation is 1. The third kappa shape index (κ3) is 4.07. The SMILES string of the molecule is O=C(NC1CCN(Cc2ccccc2)CC1)NC1CCc2ccccc21. The lowest BCUT2D eigenvalue weighted by molar-refractivity contribution is 0.185. The average Bonchev–Trinajstić information content (AvgIpc) is 3.07. The van der Waals surface area contributed by atoms with E-state index in [1.54, 1.807) is 0 Å². The van der Waals surface area contributed by atoms with Crippen LogP contribution in [0, 0.1) is 0 Å². The number of carbonyl (C=O) groups is 1. The van der Waals surface area contributed by atoms with Gasteiger partial charge in [-0.25, -0.2) is 4.79 Å². The maximum absolute atomic E-state index is 12.4. The standard InChI is InChI=1S/C22H27N3O/c26-22(24-21-11-10-18-8-4-5-9-20(18)21)23-19-12-14-25(15-13-19)16-17-6-2-1-3-7-17/h1-9,19,21H,10-16H2,(H2,23,24,26). The predicted molar refractivity (Wildman–Crippen MR) is 104 cm³/mol. The summed E-state index contributed by atoms with van der Waals surface area (Å²) in [5, 5.41) is 6.35. The van der Waals surface area contributed by atoms with E-state index in [-0.39, 0.29) is 18.1 Å². The molecule has 2 aromatic rings. The number of urea groups is 1. The molecule has 2 N–H and O–H groups in total. The van der Waals surface area contributed by atoms with E-state index in [4.69, 9.17) is 0 Å². The van der Waals surface area contributed by atoms with E-state index in [9.17, 15) is 4.79 Å². The van der Waals surface area contributed by atoms with Gasteiger partial charge in [0.1, 0.15) is 0 Å². The summed E-state index contributed by atoms with van der Waals surface area (Å²) >= 11 is 0. The summed E-state index contributed by atoms with van der Waals surface area (Å²) in [6.07, 6.45) is 4.09. The van der Waals surface area contributed by atoms with Gasteiger partial charge in [-0.05, 0) is 42.4 Å². The lowest BCUT2D eigenvalue weighted by Gasteiger charge is -2.32. The van der Waals surface area contributed by atoms with E-state index in [1.165, 1.54) is 16.7 Å². The van der Waals surface area contributed by atoms with Gasteiger partial charge in [0.05, 0.1) is 6.04 Å². The van der Waals surface area contributed by atoms with Crippen LogP contribution < -0.4 is 10.6 Å². The largest absolute Gasteiger partial charge is 0.335 e. The Hall–Kier alpha value is -2.33. The first kappa shape index (κ1) is 17.1. The third-order valence-electron chi connectivity index (χ3n) is 5.61. The van der Waals surface area contributed by atoms with Crippen LogP contribution in [0.5, 0.6) is 0 Å². The molecule has 0 radical (unpaired) electrons. The van der Waals surface area contributed by atoms with Crippen LogP contribution in [0.3, 0.4) is 0 Å². The summed E-state index contributed by atoms with van der Waals surface area (Å²) in [6, 6.07) is 19.4. The van der Waals surface area contributed by atoms with Crippen LogP contribution in [0.1, 0.15) is 42.0 Å². The van der Waals surface area contributed by atoms with Crippen LogP contribution in [-0.4, -0.2) is 30.1 Å². The Morgan fingerprint density at radius 2 is 1.65 bits per heavy atom. The number of carbonyl (C=O) groups excluding carboxylic acids is 1. The summed E-state index contributed by atoms with van der Waals surface area (Å²) in [6.45, 7) is 3.07. The maximum Gasteiger partial charge on any atom is 0.315 e. The van der Waals surface area contributed by atoms with Crippen molar-refractivity contribution in [3.8, 4) is 0 Å². The highest BCUT2D eigenvalue weighted by molar-refractivity contribution is 5.75. The molecule has 4 nitrogen and oxygen atoms in total. The third-order valence-corrected chi connectivity index (χ3v) is 5.61. The number of hydrogen-bond donors (Lipinski definition) is 2. The monoisotopic (exact) mass is 349 g/mol. The number of fused-ring (bicyclic) bond motifs is 1. The van der Waals surface area contributed by atoms with Crippen LogP contribution in [-0.2, 0) is 13.0 Å². The molecular weight excluding hydrogens is 322 g/mol. The quantitative estimate of drug-likeness (QED) is 0.885. The van der Waals surface area contributed by atoms with Crippen LogP contribution in [0.4, 0.5) is 4.79 Å². The predicted octanol–water partition coefficient (Wildman–Crippen LogP) is 3.64. The second-order valence-electron chi connectivity index (χ2n) is 7.44. The van der Waals surface area contributed by atoms with Gasteiger partial charge in [0.15, 0.2) is 0 Å². The Morgan fingerprint density at radius 1 is 0.923 bits per heavy atom. The minimum atomic E-state index is -0.0202. The van der Waals surface area contributed by atoms with Crippen LogP contribution >= 0.6 is 0 Å². The van der Waals surface area contributed by atoms with Gasteiger partial charge in [-0.1, -0.05) is 54.6 Å². The van der Waals surface area contributed by atoms with Gasteiger partial charge in [0.25, 0.3) is 0 Å². The van der Waals surface area contributed by atoms with E-state index < -0.39 is 0 Å². The van der Waals surface area contributed by atoms with Crippen molar-refractivity contribution in [3.63, 3.8) is 0 Å². The highest BCUT2D eigenvalue weighted by Crippen LogP contribution is 2.30. The number of hydrogen-bond acceptors (Lipinski definition) is 2. The van der Waals surface area contributed by atoms with Crippen molar-refractivity contribution in [2.45, 2.75) is 44.3 Å². The van der Waals surface area contributed by atoms with Crippen molar-refractivity contribution < 1.29 is 4.79 Å². The topological polar surface area (TPSA) is 44.4 Å².